The van der Waals surface area contributed by atoms with Gasteiger partial charge in [0.05, 0.1) is 0 Å². The largest absolute Gasteiger partial charge is 0.463 e. The van der Waals surface area contributed by atoms with Gasteiger partial charge in [-0.15, -0.1) is 0 Å². The molecule has 10 nitrogen and oxygen atoms in total. The van der Waals surface area contributed by atoms with Crippen LogP contribution in [0.2, 0.25) is 0 Å². The van der Waals surface area contributed by atoms with E-state index in [1.165, 1.54) is 33.3 Å². The Morgan fingerprint density at radius 1 is 0.732 bits per heavy atom. The Hall–Kier alpha value is -3.92. The van der Waals surface area contributed by atoms with Gasteiger partial charge < -0.3 is 28.4 Å². The number of rotatable bonds is 11. The molecule has 1 aliphatic rings. The molecule has 2 aromatic carbocycles. The Balaban J connectivity index is 1.94. The fourth-order valence-corrected chi connectivity index (χ4v) is 4.66. The van der Waals surface area contributed by atoms with E-state index in [4.69, 9.17) is 28.4 Å². The fraction of sp³-hybridized carbons (Fsp3) is 0.484. The zero-order chi connectivity index (χ0) is 30.1. The second kappa shape index (κ2) is 14.6. The van der Waals surface area contributed by atoms with Crippen LogP contribution in [0.15, 0.2) is 48.5 Å². The third-order valence-corrected chi connectivity index (χ3v) is 6.23. The number of carbonyl (C=O) groups excluding carboxylic acids is 4. The van der Waals surface area contributed by atoms with E-state index >= 15 is 0 Å². The van der Waals surface area contributed by atoms with Crippen LogP contribution in [0.5, 0.6) is 5.75 Å². The molecule has 1 fully saturated rings. The molecule has 2 aromatic rings. The first-order valence-corrected chi connectivity index (χ1v) is 13.6. The second-order valence-electron chi connectivity index (χ2n) is 10.4. The lowest BCUT2D eigenvalue weighted by Gasteiger charge is -2.44. The summed E-state index contributed by atoms with van der Waals surface area (Å²) in [5.41, 5.74) is 3.15. The summed E-state index contributed by atoms with van der Waals surface area (Å²) in [7, 11) is 0. The van der Waals surface area contributed by atoms with Crippen LogP contribution in [0.25, 0.3) is 0 Å². The number of ether oxygens (including phenoxy) is 6. The van der Waals surface area contributed by atoms with Crippen molar-refractivity contribution < 1.29 is 47.6 Å². The van der Waals surface area contributed by atoms with Gasteiger partial charge >= 0.3 is 23.9 Å². The maximum Gasteiger partial charge on any atom is 0.303 e. The van der Waals surface area contributed by atoms with Gasteiger partial charge in [-0.25, -0.2) is 0 Å². The van der Waals surface area contributed by atoms with Crippen LogP contribution in [0, 0.1) is 5.92 Å². The standard InChI is InChI=1S/C31H38O10/c1-18(2)15-23-11-13-24(14-12-23)16-25-9-7-8-10-26(25)40-31-30(39-22(6)35)29(38-21(5)34)28(37-20(4)33)27(41-31)17-36-19(3)32/h7-14,18,27-31H,15-17H2,1-6H3/t27-,28-,29+,30-,31?/m1/s1. The van der Waals surface area contributed by atoms with E-state index in [9.17, 15) is 19.2 Å². The predicted octanol–water partition coefficient (Wildman–Crippen LogP) is 3.94. The monoisotopic (exact) mass is 570 g/mol. The van der Waals surface area contributed by atoms with Gasteiger partial charge in [0.2, 0.25) is 12.4 Å². The summed E-state index contributed by atoms with van der Waals surface area (Å²) in [6.45, 7) is 8.76. The summed E-state index contributed by atoms with van der Waals surface area (Å²) < 4.78 is 33.9. The lowest BCUT2D eigenvalue weighted by atomic mass is 9.97. The normalized spacial score (nSPS) is 22.0. The first-order chi connectivity index (χ1) is 19.4. The third-order valence-electron chi connectivity index (χ3n) is 6.23. The molecule has 3 rings (SSSR count). The molecule has 41 heavy (non-hydrogen) atoms. The lowest BCUT2D eigenvalue weighted by molar-refractivity contribution is -0.288. The lowest BCUT2D eigenvalue weighted by Crippen LogP contribution is -2.63. The maximum atomic E-state index is 12.1. The Kier molecular flexibility index (Phi) is 11.3. The first-order valence-electron chi connectivity index (χ1n) is 13.6. The van der Waals surface area contributed by atoms with Crippen LogP contribution in [0.1, 0.15) is 58.2 Å². The number of hydrogen-bond donors (Lipinski definition) is 0. The number of esters is 4. The third kappa shape index (κ3) is 9.60. The van der Waals surface area contributed by atoms with E-state index in [0.29, 0.717) is 18.1 Å². The number of carbonyl (C=O) groups is 4. The molecule has 1 aliphatic heterocycles. The van der Waals surface area contributed by atoms with Gasteiger partial charge in [-0.2, -0.15) is 0 Å². The minimum atomic E-state index is -1.31. The highest BCUT2D eigenvalue weighted by Crippen LogP contribution is 2.32. The van der Waals surface area contributed by atoms with Gasteiger partial charge in [0.1, 0.15) is 18.5 Å². The highest BCUT2D eigenvalue weighted by atomic mass is 16.7. The van der Waals surface area contributed by atoms with Crippen LogP contribution < -0.4 is 4.74 Å². The van der Waals surface area contributed by atoms with E-state index in [1.54, 1.807) is 12.1 Å². The van der Waals surface area contributed by atoms with Gasteiger partial charge in [-0.3, -0.25) is 19.2 Å². The van der Waals surface area contributed by atoms with Crippen molar-refractivity contribution in [3.05, 3.63) is 65.2 Å². The SMILES string of the molecule is CC(=O)OC[C@H]1OC(Oc2ccccc2Cc2ccc(CC(C)C)cc2)[C@H](OC(C)=O)[C@@H](OC(C)=O)[C@@H]1OC(C)=O. The molecule has 1 saturated heterocycles. The highest BCUT2D eigenvalue weighted by molar-refractivity contribution is 5.68. The van der Waals surface area contributed by atoms with Crippen molar-refractivity contribution >= 4 is 23.9 Å². The topological polar surface area (TPSA) is 124 Å². The summed E-state index contributed by atoms with van der Waals surface area (Å²) in [5.74, 6) is -1.70. The Labute approximate surface area is 240 Å². The molecule has 222 valence electrons. The molecule has 0 aliphatic carbocycles. The van der Waals surface area contributed by atoms with E-state index < -0.39 is 54.6 Å². The molecule has 5 atom stereocenters. The van der Waals surface area contributed by atoms with Crippen LogP contribution in [-0.4, -0.2) is 61.2 Å². The highest BCUT2D eigenvalue weighted by Gasteiger charge is 2.53. The Morgan fingerprint density at radius 3 is 1.88 bits per heavy atom. The molecule has 0 saturated carbocycles. The van der Waals surface area contributed by atoms with Gasteiger partial charge in [-0.05, 0) is 35.1 Å². The Bertz CT molecular complexity index is 1210. The number of hydrogen-bond acceptors (Lipinski definition) is 10. The molecule has 0 radical (unpaired) electrons. The zero-order valence-corrected chi connectivity index (χ0v) is 24.3. The van der Waals surface area contributed by atoms with Crippen molar-refractivity contribution in [1.29, 1.82) is 0 Å². The van der Waals surface area contributed by atoms with Crippen molar-refractivity contribution in [2.45, 2.75) is 85.1 Å². The fourth-order valence-electron chi connectivity index (χ4n) is 4.66. The van der Waals surface area contributed by atoms with Crippen molar-refractivity contribution in [1.82, 2.24) is 0 Å². The first kappa shape index (κ1) is 31.6. The quantitative estimate of drug-likeness (QED) is 0.290. The van der Waals surface area contributed by atoms with E-state index in [1.807, 2.05) is 12.1 Å². The van der Waals surface area contributed by atoms with E-state index in [0.717, 1.165) is 17.5 Å². The van der Waals surface area contributed by atoms with Crippen LogP contribution in [0.4, 0.5) is 0 Å². The van der Waals surface area contributed by atoms with E-state index in [2.05, 4.69) is 38.1 Å². The minimum Gasteiger partial charge on any atom is -0.463 e. The maximum absolute atomic E-state index is 12.1. The van der Waals surface area contributed by atoms with Crippen molar-refractivity contribution in [3.63, 3.8) is 0 Å². The molecule has 0 aromatic heterocycles. The van der Waals surface area contributed by atoms with Gasteiger partial charge in [0.15, 0.2) is 12.2 Å². The molecular weight excluding hydrogens is 532 g/mol. The molecule has 1 unspecified atom stereocenters. The predicted molar refractivity (Wildman–Crippen MR) is 147 cm³/mol. The summed E-state index contributed by atoms with van der Waals surface area (Å²) >= 11 is 0. The summed E-state index contributed by atoms with van der Waals surface area (Å²) in [6, 6.07) is 15.7. The minimum absolute atomic E-state index is 0.331. The van der Waals surface area contributed by atoms with Crippen molar-refractivity contribution in [2.75, 3.05) is 6.61 Å². The molecule has 10 heteroatoms. The van der Waals surface area contributed by atoms with Crippen molar-refractivity contribution in [2.24, 2.45) is 5.92 Å². The molecule has 0 bridgehead atoms. The average Bonchev–Trinajstić information content (AvgIpc) is 2.87. The van der Waals surface area contributed by atoms with Gasteiger partial charge in [-0.1, -0.05) is 56.3 Å². The van der Waals surface area contributed by atoms with Crippen LogP contribution in [0.3, 0.4) is 0 Å². The molecule has 1 heterocycles. The summed E-state index contributed by atoms with van der Waals surface area (Å²) in [4.78, 5) is 47.7. The number of para-hydroxylation sites is 1. The molecule has 0 spiro atoms. The molecule has 0 amide bonds. The van der Waals surface area contributed by atoms with Crippen molar-refractivity contribution in [3.8, 4) is 5.75 Å². The van der Waals surface area contributed by atoms with Crippen LogP contribution in [-0.2, 0) is 55.7 Å². The van der Waals surface area contributed by atoms with E-state index in [-0.39, 0.29) is 6.61 Å². The van der Waals surface area contributed by atoms with Gasteiger partial charge in [0, 0.05) is 34.1 Å². The average molecular weight is 571 g/mol. The van der Waals surface area contributed by atoms with Crippen LogP contribution >= 0.6 is 0 Å². The number of benzene rings is 2. The van der Waals surface area contributed by atoms with Gasteiger partial charge in [0.25, 0.3) is 0 Å². The smallest absolute Gasteiger partial charge is 0.303 e. The zero-order valence-electron chi connectivity index (χ0n) is 24.3. The molecular formula is C31H38O10. The summed E-state index contributed by atoms with van der Waals surface area (Å²) in [6.07, 6.45) is -4.72. The second-order valence-corrected chi connectivity index (χ2v) is 10.4. The molecule has 0 N–H and O–H groups in total. The summed E-state index contributed by atoms with van der Waals surface area (Å²) in [5, 5.41) is 0. The Morgan fingerprint density at radius 2 is 1.29 bits per heavy atom.